The molecule has 1 atom stereocenters. The quantitative estimate of drug-likeness (QED) is 0.287. The molecule has 1 amide bonds. The summed E-state index contributed by atoms with van der Waals surface area (Å²) in [4.78, 5) is 32.2. The molecule has 0 spiro atoms. The summed E-state index contributed by atoms with van der Waals surface area (Å²) < 4.78 is 5.78. The van der Waals surface area contributed by atoms with Crippen LogP contribution >= 0.6 is 11.6 Å². The van der Waals surface area contributed by atoms with Gasteiger partial charge in [0.1, 0.15) is 17.6 Å². The number of amides is 1. The number of anilines is 1. The molecule has 1 unspecified atom stereocenters. The largest absolute Gasteiger partial charge is 0.507 e. The summed E-state index contributed by atoms with van der Waals surface area (Å²) in [6, 6.07) is 14.6. The van der Waals surface area contributed by atoms with Gasteiger partial charge in [-0.3, -0.25) is 19.5 Å². The Hall–Kier alpha value is -3.64. The number of halogens is 1. The van der Waals surface area contributed by atoms with E-state index in [1.165, 1.54) is 4.90 Å². The lowest BCUT2D eigenvalue weighted by Crippen LogP contribution is -2.29. The third-order valence-electron chi connectivity index (χ3n) is 5.66. The molecule has 2 aromatic carbocycles. The van der Waals surface area contributed by atoms with Gasteiger partial charge in [0.05, 0.1) is 17.4 Å². The molecule has 1 N–H and O–H groups in total. The smallest absolute Gasteiger partial charge is 0.300 e. The number of aliphatic hydroxyl groups excluding tert-OH is 1. The number of nitrogens with zero attached hydrogens (tertiary/aromatic N) is 2. The number of carbonyl (C=O) groups excluding carboxylic acids is 2. The Balaban J connectivity index is 1.89. The first kappa shape index (κ1) is 23.5. The van der Waals surface area contributed by atoms with E-state index in [-0.39, 0.29) is 17.4 Å². The molecule has 0 aliphatic carbocycles. The summed E-state index contributed by atoms with van der Waals surface area (Å²) >= 11 is 6.32. The number of benzene rings is 2. The minimum atomic E-state index is -0.910. The fraction of sp³-hybridized carbons (Fsp3) is 0.222. The van der Waals surface area contributed by atoms with Gasteiger partial charge in [-0.1, -0.05) is 23.7 Å². The van der Waals surface area contributed by atoms with Crippen LogP contribution in [0.4, 0.5) is 5.69 Å². The average Bonchev–Trinajstić information content (AvgIpc) is 3.07. The Morgan fingerprint density at radius 2 is 1.82 bits per heavy atom. The number of hydrogen-bond donors (Lipinski definition) is 1. The molecular formula is C27H25ClN2O4. The van der Waals surface area contributed by atoms with Crippen molar-refractivity contribution >= 4 is 34.7 Å². The van der Waals surface area contributed by atoms with Gasteiger partial charge in [0, 0.05) is 22.5 Å². The van der Waals surface area contributed by atoms with Gasteiger partial charge in [-0.15, -0.1) is 0 Å². The van der Waals surface area contributed by atoms with Gasteiger partial charge in [0.25, 0.3) is 11.7 Å². The van der Waals surface area contributed by atoms with Crippen LogP contribution in [0, 0.1) is 13.8 Å². The van der Waals surface area contributed by atoms with E-state index in [4.69, 9.17) is 16.3 Å². The molecule has 174 valence electrons. The molecule has 34 heavy (non-hydrogen) atoms. The first-order chi connectivity index (χ1) is 16.2. The van der Waals surface area contributed by atoms with Crippen molar-refractivity contribution in [3.05, 3.63) is 93.8 Å². The van der Waals surface area contributed by atoms with Crippen molar-refractivity contribution in [2.24, 2.45) is 0 Å². The van der Waals surface area contributed by atoms with E-state index in [1.54, 1.807) is 60.8 Å². The molecule has 1 aliphatic rings. The van der Waals surface area contributed by atoms with Crippen LogP contribution in [0.1, 0.15) is 42.3 Å². The van der Waals surface area contributed by atoms with Crippen molar-refractivity contribution in [2.45, 2.75) is 39.8 Å². The summed E-state index contributed by atoms with van der Waals surface area (Å²) in [5.41, 5.74) is 2.93. The van der Waals surface area contributed by atoms with E-state index in [9.17, 15) is 14.7 Å². The third kappa shape index (κ3) is 4.29. The maximum absolute atomic E-state index is 13.2. The van der Waals surface area contributed by atoms with Gasteiger partial charge in [-0.2, -0.15) is 0 Å². The maximum Gasteiger partial charge on any atom is 0.300 e. The number of aromatic nitrogens is 1. The van der Waals surface area contributed by atoms with E-state index >= 15 is 0 Å². The fourth-order valence-electron chi connectivity index (χ4n) is 3.99. The highest BCUT2D eigenvalue weighted by molar-refractivity contribution is 6.51. The third-order valence-corrected chi connectivity index (χ3v) is 6.06. The highest BCUT2D eigenvalue weighted by atomic mass is 35.5. The minimum absolute atomic E-state index is 0.00559. The lowest BCUT2D eigenvalue weighted by Gasteiger charge is -2.25. The molecule has 3 aromatic rings. The standard InChI is InChI=1S/C27H25ClN2O4/c1-15(2)34-22-11-9-18(13-17(22)4)25(31)23-24(21-7-5-6-12-29-21)30(27(33)26(23)32)19-10-8-16(3)20(28)14-19/h5-15,24,31H,1-4H3/b25-23+. The highest BCUT2D eigenvalue weighted by Gasteiger charge is 2.47. The number of pyridine rings is 1. The van der Waals surface area contributed by atoms with E-state index in [0.29, 0.717) is 27.7 Å². The van der Waals surface area contributed by atoms with Crippen LogP contribution in [0.25, 0.3) is 5.76 Å². The van der Waals surface area contributed by atoms with E-state index < -0.39 is 17.7 Å². The van der Waals surface area contributed by atoms with E-state index in [2.05, 4.69) is 4.98 Å². The zero-order valence-electron chi connectivity index (χ0n) is 19.4. The molecule has 6 nitrogen and oxygen atoms in total. The zero-order valence-corrected chi connectivity index (χ0v) is 20.1. The molecule has 0 saturated carbocycles. The average molecular weight is 477 g/mol. The number of aryl methyl sites for hydroxylation is 2. The van der Waals surface area contributed by atoms with Crippen LogP contribution in [0.15, 0.2) is 66.4 Å². The molecule has 1 aliphatic heterocycles. The SMILES string of the molecule is Cc1ccc(N2C(=O)C(=O)/C(=C(/O)c3ccc(OC(C)C)c(C)c3)C2c2ccccn2)cc1Cl. The van der Waals surface area contributed by atoms with Crippen LogP contribution in [0.3, 0.4) is 0 Å². The molecule has 1 aromatic heterocycles. The van der Waals surface area contributed by atoms with Gasteiger partial charge in [0.2, 0.25) is 0 Å². The molecule has 0 bridgehead atoms. The van der Waals surface area contributed by atoms with Crippen molar-refractivity contribution in [3.8, 4) is 5.75 Å². The first-order valence-corrected chi connectivity index (χ1v) is 11.3. The Labute approximate surface area is 203 Å². The molecular weight excluding hydrogens is 452 g/mol. The minimum Gasteiger partial charge on any atom is -0.507 e. The van der Waals surface area contributed by atoms with Crippen LogP contribution in [-0.2, 0) is 9.59 Å². The second-order valence-corrected chi connectivity index (χ2v) is 8.91. The van der Waals surface area contributed by atoms with Crippen molar-refractivity contribution in [3.63, 3.8) is 0 Å². The summed E-state index contributed by atoms with van der Waals surface area (Å²) in [5.74, 6) is -1.13. The van der Waals surface area contributed by atoms with E-state index in [1.807, 2.05) is 27.7 Å². The molecule has 7 heteroatoms. The zero-order chi connectivity index (χ0) is 24.6. The van der Waals surface area contributed by atoms with Gasteiger partial charge in [0.15, 0.2) is 0 Å². The monoisotopic (exact) mass is 476 g/mol. The van der Waals surface area contributed by atoms with E-state index in [0.717, 1.165) is 11.1 Å². The Morgan fingerprint density at radius 3 is 2.44 bits per heavy atom. The normalized spacial score (nSPS) is 17.5. The van der Waals surface area contributed by atoms with Crippen molar-refractivity contribution in [2.75, 3.05) is 4.90 Å². The first-order valence-electron chi connectivity index (χ1n) is 10.9. The van der Waals surface area contributed by atoms with Crippen molar-refractivity contribution < 1.29 is 19.4 Å². The molecule has 4 rings (SSSR count). The van der Waals surface area contributed by atoms with Crippen LogP contribution < -0.4 is 9.64 Å². The molecule has 2 heterocycles. The van der Waals surface area contributed by atoms with Gasteiger partial charge in [-0.25, -0.2) is 0 Å². The fourth-order valence-corrected chi connectivity index (χ4v) is 4.16. The van der Waals surface area contributed by atoms with Gasteiger partial charge >= 0.3 is 0 Å². The lowest BCUT2D eigenvalue weighted by molar-refractivity contribution is -0.132. The predicted molar refractivity (Wildman–Crippen MR) is 132 cm³/mol. The number of aliphatic hydroxyl groups is 1. The second-order valence-electron chi connectivity index (χ2n) is 8.50. The molecule has 1 fully saturated rings. The van der Waals surface area contributed by atoms with Crippen molar-refractivity contribution in [1.82, 2.24) is 4.98 Å². The number of hydrogen-bond acceptors (Lipinski definition) is 5. The Morgan fingerprint density at radius 1 is 1.06 bits per heavy atom. The van der Waals surface area contributed by atoms with Gasteiger partial charge in [-0.05, 0) is 81.3 Å². The number of rotatable bonds is 5. The molecule has 0 radical (unpaired) electrons. The summed E-state index contributed by atoms with van der Waals surface area (Å²) in [6.07, 6.45) is 1.58. The van der Waals surface area contributed by atoms with Crippen molar-refractivity contribution in [1.29, 1.82) is 0 Å². The number of carbonyl (C=O) groups is 2. The second kappa shape index (κ2) is 9.31. The number of Topliss-reactive ketones (excluding diaryl/α,β-unsaturated/α-hetero) is 1. The van der Waals surface area contributed by atoms with Crippen LogP contribution in [-0.4, -0.2) is 27.9 Å². The van der Waals surface area contributed by atoms with Crippen LogP contribution in [0.5, 0.6) is 5.75 Å². The Kier molecular flexibility index (Phi) is 6.44. The summed E-state index contributed by atoms with van der Waals surface area (Å²) in [6.45, 7) is 7.57. The lowest BCUT2D eigenvalue weighted by atomic mass is 9.97. The predicted octanol–water partition coefficient (Wildman–Crippen LogP) is 5.77. The Bertz CT molecular complexity index is 1300. The topological polar surface area (TPSA) is 79.7 Å². The summed E-state index contributed by atoms with van der Waals surface area (Å²) in [5, 5.41) is 11.8. The number of ketones is 1. The number of ether oxygens (including phenoxy) is 1. The summed E-state index contributed by atoms with van der Waals surface area (Å²) in [7, 11) is 0. The maximum atomic E-state index is 13.2. The van der Waals surface area contributed by atoms with Crippen LogP contribution in [0.2, 0.25) is 5.02 Å². The highest BCUT2D eigenvalue weighted by Crippen LogP contribution is 2.42. The molecule has 1 saturated heterocycles. The van der Waals surface area contributed by atoms with Gasteiger partial charge < -0.3 is 9.84 Å².